The predicted molar refractivity (Wildman–Crippen MR) is 85.0 cm³/mol. The average Bonchev–Trinajstić information content (AvgIpc) is 3.02. The molecule has 2 N–H and O–H groups in total. The number of pyridine rings is 1. The van der Waals surface area contributed by atoms with E-state index in [0.29, 0.717) is 5.70 Å². The zero-order valence-electron chi connectivity index (χ0n) is 12.6. The normalized spacial score (nSPS) is 19.9. The average molecular weight is 288 g/mol. The quantitative estimate of drug-likeness (QED) is 0.908. The number of nitrogens with zero attached hydrogens (tertiary/aromatic N) is 3. The van der Waals surface area contributed by atoms with Gasteiger partial charge in [0.1, 0.15) is 5.82 Å². The number of hydrogen-bond acceptors (Lipinski definition) is 5. The highest BCUT2D eigenvalue weighted by molar-refractivity contribution is 5.72. The van der Waals surface area contributed by atoms with Crippen LogP contribution in [0.2, 0.25) is 0 Å². The molecule has 114 valence electrons. The second-order valence-electron chi connectivity index (χ2n) is 5.82. The molecular weight excluding hydrogens is 264 g/mol. The summed E-state index contributed by atoms with van der Waals surface area (Å²) in [5.41, 5.74) is 8.78. The van der Waals surface area contributed by atoms with Gasteiger partial charge in [0.25, 0.3) is 0 Å². The van der Waals surface area contributed by atoms with E-state index in [-0.39, 0.29) is 0 Å². The molecule has 0 saturated carbocycles. The van der Waals surface area contributed by atoms with Gasteiger partial charge >= 0.3 is 0 Å². The molecule has 1 aromatic rings. The van der Waals surface area contributed by atoms with E-state index in [9.17, 15) is 0 Å². The first-order chi connectivity index (χ1) is 10.2. The van der Waals surface area contributed by atoms with Crippen LogP contribution in [0.25, 0.3) is 5.70 Å². The summed E-state index contributed by atoms with van der Waals surface area (Å²) in [5.74, 6) is 0.991. The molecule has 0 bridgehead atoms. The van der Waals surface area contributed by atoms with E-state index in [2.05, 4.69) is 27.4 Å². The molecule has 2 aliphatic rings. The van der Waals surface area contributed by atoms with Crippen LogP contribution < -0.4 is 10.6 Å². The standard InChI is InChI=1S/C16H24N4O/c1-13(17)15-10-14(12-19-6-8-21-9-7-19)11-18-16(15)20-4-2-3-5-20/h10-11H,1-9,12,17H2. The Labute approximate surface area is 126 Å². The van der Waals surface area contributed by atoms with Crippen LogP contribution in [0.1, 0.15) is 24.0 Å². The lowest BCUT2D eigenvalue weighted by atomic mass is 10.1. The highest BCUT2D eigenvalue weighted by atomic mass is 16.5. The summed E-state index contributed by atoms with van der Waals surface area (Å²) < 4.78 is 5.39. The minimum atomic E-state index is 0.605. The van der Waals surface area contributed by atoms with Crippen LogP contribution in [0.4, 0.5) is 5.82 Å². The molecule has 0 amide bonds. The van der Waals surface area contributed by atoms with Gasteiger partial charge in [-0.05, 0) is 24.5 Å². The summed E-state index contributed by atoms with van der Waals surface area (Å²) in [6, 6.07) is 2.15. The number of morpholine rings is 1. The smallest absolute Gasteiger partial charge is 0.137 e. The summed E-state index contributed by atoms with van der Waals surface area (Å²) in [7, 11) is 0. The minimum absolute atomic E-state index is 0.605. The third-order valence-corrected chi connectivity index (χ3v) is 4.18. The van der Waals surface area contributed by atoms with Crippen molar-refractivity contribution in [1.29, 1.82) is 0 Å². The van der Waals surface area contributed by atoms with Crippen LogP contribution in [0.5, 0.6) is 0 Å². The summed E-state index contributed by atoms with van der Waals surface area (Å²) in [5, 5.41) is 0. The molecule has 0 aromatic carbocycles. The molecule has 2 fully saturated rings. The van der Waals surface area contributed by atoms with E-state index in [4.69, 9.17) is 10.5 Å². The number of ether oxygens (including phenoxy) is 1. The van der Waals surface area contributed by atoms with Crippen molar-refractivity contribution in [2.75, 3.05) is 44.3 Å². The Morgan fingerprint density at radius 3 is 2.62 bits per heavy atom. The molecule has 0 atom stereocenters. The van der Waals surface area contributed by atoms with Gasteiger partial charge in [0, 0.05) is 50.2 Å². The Bertz CT molecular complexity index is 505. The van der Waals surface area contributed by atoms with E-state index in [1.54, 1.807) is 0 Å². The molecule has 0 spiro atoms. The molecule has 21 heavy (non-hydrogen) atoms. The van der Waals surface area contributed by atoms with Crippen molar-refractivity contribution >= 4 is 11.5 Å². The lowest BCUT2D eigenvalue weighted by Crippen LogP contribution is -2.35. The fourth-order valence-electron chi connectivity index (χ4n) is 3.02. The molecule has 1 aromatic heterocycles. The van der Waals surface area contributed by atoms with Gasteiger partial charge in [-0.1, -0.05) is 6.58 Å². The molecular formula is C16H24N4O. The van der Waals surface area contributed by atoms with Crippen LogP contribution in [-0.2, 0) is 11.3 Å². The Morgan fingerprint density at radius 2 is 1.95 bits per heavy atom. The van der Waals surface area contributed by atoms with Gasteiger partial charge in [0.15, 0.2) is 0 Å². The Balaban J connectivity index is 1.79. The Kier molecular flexibility index (Phi) is 4.41. The first kappa shape index (κ1) is 14.4. The Morgan fingerprint density at radius 1 is 1.24 bits per heavy atom. The molecule has 0 unspecified atom stereocenters. The largest absolute Gasteiger partial charge is 0.399 e. The van der Waals surface area contributed by atoms with Gasteiger partial charge in [-0.25, -0.2) is 4.98 Å². The lowest BCUT2D eigenvalue weighted by Gasteiger charge is -2.27. The lowest BCUT2D eigenvalue weighted by molar-refractivity contribution is 0.0341. The maximum absolute atomic E-state index is 5.99. The fourth-order valence-corrected chi connectivity index (χ4v) is 3.02. The monoisotopic (exact) mass is 288 g/mol. The summed E-state index contributed by atoms with van der Waals surface area (Å²) in [4.78, 5) is 9.37. The minimum Gasteiger partial charge on any atom is -0.399 e. The number of hydrogen-bond donors (Lipinski definition) is 1. The van der Waals surface area contributed by atoms with Crippen molar-refractivity contribution in [3.8, 4) is 0 Å². The van der Waals surface area contributed by atoms with Gasteiger partial charge in [0.2, 0.25) is 0 Å². The third kappa shape index (κ3) is 3.36. The molecule has 0 aliphatic carbocycles. The number of anilines is 1. The molecule has 3 rings (SSSR count). The highest BCUT2D eigenvalue weighted by Gasteiger charge is 2.19. The topological polar surface area (TPSA) is 54.6 Å². The van der Waals surface area contributed by atoms with Crippen molar-refractivity contribution in [2.24, 2.45) is 5.73 Å². The second kappa shape index (κ2) is 6.45. The second-order valence-corrected chi connectivity index (χ2v) is 5.82. The summed E-state index contributed by atoms with van der Waals surface area (Å²) in [6.45, 7) is 10.5. The van der Waals surface area contributed by atoms with E-state index >= 15 is 0 Å². The predicted octanol–water partition coefficient (Wildman–Crippen LogP) is 1.44. The van der Waals surface area contributed by atoms with Crippen molar-refractivity contribution in [3.05, 3.63) is 30.0 Å². The van der Waals surface area contributed by atoms with Crippen molar-refractivity contribution in [3.63, 3.8) is 0 Å². The van der Waals surface area contributed by atoms with E-state index in [1.807, 2.05) is 6.20 Å². The summed E-state index contributed by atoms with van der Waals surface area (Å²) >= 11 is 0. The molecule has 0 radical (unpaired) electrons. The third-order valence-electron chi connectivity index (χ3n) is 4.18. The van der Waals surface area contributed by atoms with E-state index < -0.39 is 0 Å². The maximum Gasteiger partial charge on any atom is 0.137 e. The first-order valence-electron chi connectivity index (χ1n) is 7.73. The first-order valence-corrected chi connectivity index (χ1v) is 7.73. The van der Waals surface area contributed by atoms with Crippen molar-refractivity contribution in [1.82, 2.24) is 9.88 Å². The fraction of sp³-hybridized carbons (Fsp3) is 0.562. The van der Waals surface area contributed by atoms with Crippen LogP contribution in [0.15, 0.2) is 18.8 Å². The molecule has 5 nitrogen and oxygen atoms in total. The number of nitrogens with two attached hydrogens (primary N) is 1. The van der Waals surface area contributed by atoms with Gasteiger partial charge in [-0.3, -0.25) is 4.90 Å². The SMILES string of the molecule is C=C(N)c1cc(CN2CCOCC2)cnc1N1CCCC1. The van der Waals surface area contributed by atoms with E-state index in [0.717, 1.165) is 57.3 Å². The van der Waals surface area contributed by atoms with E-state index in [1.165, 1.54) is 18.4 Å². The van der Waals surface area contributed by atoms with Crippen LogP contribution >= 0.6 is 0 Å². The number of rotatable bonds is 4. The molecule has 5 heteroatoms. The van der Waals surface area contributed by atoms with Gasteiger partial charge in [-0.2, -0.15) is 0 Å². The summed E-state index contributed by atoms with van der Waals surface area (Å²) in [6.07, 6.45) is 4.44. The zero-order valence-corrected chi connectivity index (χ0v) is 12.6. The van der Waals surface area contributed by atoms with Crippen molar-refractivity contribution < 1.29 is 4.74 Å². The zero-order chi connectivity index (χ0) is 14.7. The molecule has 2 saturated heterocycles. The van der Waals surface area contributed by atoms with Gasteiger partial charge in [0.05, 0.1) is 13.2 Å². The van der Waals surface area contributed by atoms with Crippen molar-refractivity contribution in [2.45, 2.75) is 19.4 Å². The molecule has 2 aliphatic heterocycles. The van der Waals surface area contributed by atoms with Crippen LogP contribution in [0, 0.1) is 0 Å². The molecule has 3 heterocycles. The number of aromatic nitrogens is 1. The maximum atomic E-state index is 5.99. The van der Waals surface area contributed by atoms with Crippen LogP contribution in [0.3, 0.4) is 0 Å². The highest BCUT2D eigenvalue weighted by Crippen LogP contribution is 2.26. The van der Waals surface area contributed by atoms with Gasteiger partial charge in [-0.15, -0.1) is 0 Å². The van der Waals surface area contributed by atoms with Crippen LogP contribution in [-0.4, -0.2) is 49.3 Å². The van der Waals surface area contributed by atoms with Gasteiger partial charge < -0.3 is 15.4 Å². The Hall–Kier alpha value is -1.59.